The first-order chi connectivity index (χ1) is 7.94. The van der Waals surface area contributed by atoms with Crippen molar-refractivity contribution >= 4 is 5.97 Å². The molecule has 0 spiro atoms. The normalized spacial score (nSPS) is 13.6. The van der Waals surface area contributed by atoms with Crippen molar-refractivity contribution in [1.29, 1.82) is 0 Å². The van der Waals surface area contributed by atoms with Gasteiger partial charge in [0.25, 0.3) is 0 Å². The highest BCUT2D eigenvalue weighted by Gasteiger charge is 2.51. The lowest BCUT2D eigenvalue weighted by Gasteiger charge is -2.23. The van der Waals surface area contributed by atoms with Crippen molar-refractivity contribution in [3.63, 3.8) is 0 Å². The summed E-state index contributed by atoms with van der Waals surface area (Å²) in [5.41, 5.74) is -0.683. The van der Waals surface area contributed by atoms with Crippen molar-refractivity contribution in [3.8, 4) is 0 Å². The predicted molar refractivity (Wildman–Crippen MR) is 59.8 cm³/mol. The minimum atomic E-state index is -4.07. The summed E-state index contributed by atoms with van der Waals surface area (Å²) in [6, 6.07) is 0. The van der Waals surface area contributed by atoms with E-state index in [9.17, 15) is 22.4 Å². The molecule has 0 N–H and O–H groups in total. The molecule has 0 bridgehead atoms. The quantitative estimate of drug-likeness (QED) is 0.397. The molecule has 0 aromatic rings. The number of halogens is 4. The lowest BCUT2D eigenvalue weighted by molar-refractivity contribution is -0.202. The van der Waals surface area contributed by atoms with Crippen LogP contribution < -0.4 is 0 Å². The highest BCUT2D eigenvalue weighted by Crippen LogP contribution is 2.37. The zero-order chi connectivity index (χ0) is 14.6. The first-order valence-electron chi connectivity index (χ1n) is 5.87. The second-order valence-corrected chi connectivity index (χ2v) is 5.07. The summed E-state index contributed by atoms with van der Waals surface area (Å²) >= 11 is 0. The van der Waals surface area contributed by atoms with Crippen molar-refractivity contribution in [3.05, 3.63) is 0 Å². The molecule has 0 aromatic heterocycles. The van der Waals surface area contributed by atoms with E-state index in [0.717, 1.165) is 0 Å². The van der Waals surface area contributed by atoms with Gasteiger partial charge >= 0.3 is 17.8 Å². The summed E-state index contributed by atoms with van der Waals surface area (Å²) in [5, 5.41) is 0. The molecule has 0 aromatic carbocycles. The van der Waals surface area contributed by atoms with Gasteiger partial charge in [-0.3, -0.25) is 4.79 Å². The fourth-order valence-corrected chi connectivity index (χ4v) is 1.02. The van der Waals surface area contributed by atoms with Crippen LogP contribution in [0.1, 0.15) is 47.0 Å². The molecule has 0 radical (unpaired) electrons. The van der Waals surface area contributed by atoms with E-state index >= 15 is 0 Å². The fourth-order valence-electron chi connectivity index (χ4n) is 1.02. The van der Waals surface area contributed by atoms with Crippen LogP contribution in [0, 0.1) is 5.41 Å². The first kappa shape index (κ1) is 17.2. The Morgan fingerprint density at radius 3 is 2.00 bits per heavy atom. The monoisotopic (exact) mass is 272 g/mol. The molecule has 0 saturated carbocycles. The number of hydrogen-bond donors (Lipinski definition) is 0. The number of rotatable bonds is 7. The van der Waals surface area contributed by atoms with Gasteiger partial charge in [-0.15, -0.1) is 0 Å². The lowest BCUT2D eigenvalue weighted by Crippen LogP contribution is -2.37. The maximum absolute atomic E-state index is 12.9. The van der Waals surface area contributed by atoms with Gasteiger partial charge in [-0.1, -0.05) is 6.92 Å². The van der Waals surface area contributed by atoms with Crippen molar-refractivity contribution in [2.75, 3.05) is 6.61 Å². The molecular weight excluding hydrogens is 252 g/mol. The molecule has 0 heterocycles. The second-order valence-electron chi connectivity index (χ2n) is 5.07. The summed E-state index contributed by atoms with van der Waals surface area (Å²) in [5.74, 6) is -8.63. The van der Waals surface area contributed by atoms with E-state index in [1.54, 1.807) is 20.8 Å². The van der Waals surface area contributed by atoms with Crippen LogP contribution in [0.4, 0.5) is 17.6 Å². The Labute approximate surface area is 105 Å². The topological polar surface area (TPSA) is 26.3 Å². The number of alkyl halides is 4. The first-order valence-corrected chi connectivity index (χ1v) is 5.87. The van der Waals surface area contributed by atoms with Gasteiger partial charge in [0.1, 0.15) is 0 Å². The summed E-state index contributed by atoms with van der Waals surface area (Å²) in [6.45, 7) is 5.05. The van der Waals surface area contributed by atoms with E-state index in [2.05, 4.69) is 0 Å². The van der Waals surface area contributed by atoms with Crippen LogP contribution >= 0.6 is 0 Å². The molecule has 0 saturated heterocycles. The van der Waals surface area contributed by atoms with E-state index in [-0.39, 0.29) is 20.0 Å². The standard InChI is InChI=1S/C12H20F4O2/c1-5-10(2,3)9(17)18-8-6-7-12(15,16)11(4,13)14/h5-8H2,1-4H3. The van der Waals surface area contributed by atoms with Gasteiger partial charge in [-0.05, 0) is 26.7 Å². The minimum absolute atomic E-state index is 0.180. The molecule has 0 aliphatic carbocycles. The number of carbonyl (C=O) groups is 1. The van der Waals surface area contributed by atoms with E-state index in [1.165, 1.54) is 0 Å². The van der Waals surface area contributed by atoms with E-state index in [1.807, 2.05) is 0 Å². The van der Waals surface area contributed by atoms with Crippen LogP contribution in [0.25, 0.3) is 0 Å². The molecule has 0 amide bonds. The summed E-state index contributed by atoms with van der Waals surface area (Å²) in [6.07, 6.45) is -0.743. The molecule has 108 valence electrons. The maximum atomic E-state index is 12.9. The highest BCUT2D eigenvalue weighted by atomic mass is 19.3. The van der Waals surface area contributed by atoms with Gasteiger partial charge in [0.05, 0.1) is 12.0 Å². The number of hydrogen-bond acceptors (Lipinski definition) is 2. The molecule has 0 aliphatic rings. The van der Waals surface area contributed by atoms with Gasteiger partial charge in [0.15, 0.2) is 0 Å². The van der Waals surface area contributed by atoms with Gasteiger partial charge < -0.3 is 4.74 Å². The molecule has 6 heteroatoms. The molecule has 0 aliphatic heterocycles. The third kappa shape index (κ3) is 4.82. The number of esters is 1. The van der Waals surface area contributed by atoms with Crippen molar-refractivity contribution in [2.24, 2.45) is 5.41 Å². The van der Waals surface area contributed by atoms with Crippen LogP contribution in [0.3, 0.4) is 0 Å². The Hall–Kier alpha value is -0.810. The van der Waals surface area contributed by atoms with Crippen molar-refractivity contribution in [1.82, 2.24) is 0 Å². The molecular formula is C12H20F4O2. The predicted octanol–water partition coefficient (Wildman–Crippen LogP) is 4.04. The number of carbonyl (C=O) groups excluding carboxylic acids is 1. The Morgan fingerprint density at radius 1 is 1.11 bits per heavy atom. The average molecular weight is 272 g/mol. The van der Waals surface area contributed by atoms with Crippen LogP contribution in [-0.2, 0) is 9.53 Å². The third-order valence-electron chi connectivity index (χ3n) is 2.95. The smallest absolute Gasteiger partial charge is 0.311 e. The van der Waals surface area contributed by atoms with Crippen LogP contribution in [0.5, 0.6) is 0 Å². The Kier molecular flexibility index (Phi) is 5.62. The zero-order valence-corrected chi connectivity index (χ0v) is 11.2. The molecule has 0 unspecified atom stereocenters. The summed E-state index contributed by atoms with van der Waals surface area (Å²) in [4.78, 5) is 11.5. The van der Waals surface area contributed by atoms with Gasteiger partial charge in [-0.2, -0.15) is 8.78 Å². The summed E-state index contributed by atoms with van der Waals surface area (Å²) < 4.78 is 55.5. The minimum Gasteiger partial charge on any atom is -0.465 e. The fraction of sp³-hybridized carbons (Fsp3) is 0.917. The molecule has 18 heavy (non-hydrogen) atoms. The highest BCUT2D eigenvalue weighted by molar-refractivity contribution is 5.75. The Bertz CT molecular complexity index is 282. The molecule has 0 rings (SSSR count). The van der Waals surface area contributed by atoms with Gasteiger partial charge in [0.2, 0.25) is 0 Å². The zero-order valence-electron chi connectivity index (χ0n) is 11.2. The van der Waals surface area contributed by atoms with E-state index < -0.39 is 29.7 Å². The number of ether oxygens (including phenoxy) is 1. The SMILES string of the molecule is CCC(C)(C)C(=O)OCCCC(F)(F)C(C)(F)F. The third-order valence-corrected chi connectivity index (χ3v) is 2.95. The van der Waals surface area contributed by atoms with Crippen LogP contribution in [0.2, 0.25) is 0 Å². The molecule has 0 fully saturated rings. The Balaban J connectivity index is 4.06. The van der Waals surface area contributed by atoms with Gasteiger partial charge in [-0.25, -0.2) is 8.78 Å². The van der Waals surface area contributed by atoms with Crippen molar-refractivity contribution in [2.45, 2.75) is 58.8 Å². The second kappa shape index (κ2) is 5.89. The Morgan fingerprint density at radius 2 is 1.61 bits per heavy atom. The molecule has 2 nitrogen and oxygen atoms in total. The summed E-state index contributed by atoms with van der Waals surface area (Å²) in [7, 11) is 0. The molecule has 0 atom stereocenters. The van der Waals surface area contributed by atoms with E-state index in [0.29, 0.717) is 6.42 Å². The van der Waals surface area contributed by atoms with Crippen LogP contribution in [0.15, 0.2) is 0 Å². The van der Waals surface area contributed by atoms with Crippen LogP contribution in [-0.4, -0.2) is 24.4 Å². The van der Waals surface area contributed by atoms with Gasteiger partial charge in [0, 0.05) is 13.3 Å². The van der Waals surface area contributed by atoms with E-state index in [4.69, 9.17) is 4.74 Å². The maximum Gasteiger partial charge on any atom is 0.311 e. The lowest BCUT2D eigenvalue weighted by atomic mass is 9.91. The average Bonchev–Trinajstić information content (AvgIpc) is 2.22. The van der Waals surface area contributed by atoms with Crippen molar-refractivity contribution < 1.29 is 27.1 Å². The largest absolute Gasteiger partial charge is 0.465 e.